The largest absolute Gasteiger partial charge is 0.486 e. The number of fused-ring (bicyclic) bond motifs is 1. The Morgan fingerprint density at radius 1 is 1.24 bits per heavy atom. The Balaban J connectivity index is 1.68. The summed E-state index contributed by atoms with van der Waals surface area (Å²) in [6.07, 6.45) is 0.727. The van der Waals surface area contributed by atoms with E-state index in [1.54, 1.807) is 0 Å². The van der Waals surface area contributed by atoms with Crippen LogP contribution in [0.15, 0.2) is 36.4 Å². The van der Waals surface area contributed by atoms with Gasteiger partial charge in [0.25, 0.3) is 0 Å². The van der Waals surface area contributed by atoms with Gasteiger partial charge in [0.15, 0.2) is 17.4 Å². The van der Waals surface area contributed by atoms with E-state index in [9.17, 15) is 13.6 Å². The zero-order valence-corrected chi connectivity index (χ0v) is 11.0. The van der Waals surface area contributed by atoms with Gasteiger partial charge in [-0.15, -0.1) is 0 Å². The van der Waals surface area contributed by atoms with Crippen molar-refractivity contribution in [2.45, 2.75) is 12.5 Å². The van der Waals surface area contributed by atoms with Crippen molar-refractivity contribution in [1.29, 1.82) is 0 Å². The van der Waals surface area contributed by atoms with Crippen molar-refractivity contribution in [3.05, 3.63) is 59.2 Å². The Labute approximate surface area is 120 Å². The smallest absolute Gasteiger partial charge is 0.190 e. The highest BCUT2D eigenvalue weighted by Crippen LogP contribution is 2.29. The summed E-state index contributed by atoms with van der Waals surface area (Å²) >= 11 is 0. The molecule has 0 radical (unpaired) electrons. The second-order valence-corrected chi connectivity index (χ2v) is 4.79. The molecule has 0 N–H and O–H groups in total. The topological polar surface area (TPSA) is 35.5 Å². The molecule has 0 spiro atoms. The quantitative estimate of drug-likeness (QED) is 0.811. The molecule has 3 rings (SSSR count). The van der Waals surface area contributed by atoms with Gasteiger partial charge in [-0.05, 0) is 23.8 Å². The lowest BCUT2D eigenvalue weighted by molar-refractivity contribution is 0.112. The lowest BCUT2D eigenvalue weighted by Crippen LogP contribution is -2.23. The second kappa shape index (κ2) is 5.52. The summed E-state index contributed by atoms with van der Waals surface area (Å²) in [7, 11) is 0. The van der Waals surface area contributed by atoms with Gasteiger partial charge in [-0.2, -0.15) is 0 Å². The molecule has 1 unspecified atom stereocenters. The monoisotopic (exact) mass is 290 g/mol. The minimum Gasteiger partial charge on any atom is -0.486 e. The van der Waals surface area contributed by atoms with E-state index in [-0.39, 0.29) is 18.3 Å². The van der Waals surface area contributed by atoms with Crippen LogP contribution in [0.5, 0.6) is 11.5 Å². The Morgan fingerprint density at radius 3 is 2.62 bits per heavy atom. The molecule has 1 aliphatic rings. The van der Waals surface area contributed by atoms with Gasteiger partial charge in [0, 0.05) is 12.0 Å². The van der Waals surface area contributed by atoms with Crippen LogP contribution in [0.4, 0.5) is 8.78 Å². The van der Waals surface area contributed by atoms with E-state index in [1.165, 1.54) is 0 Å². The average Bonchev–Trinajstić information content (AvgIpc) is 2.88. The van der Waals surface area contributed by atoms with Crippen LogP contribution in [-0.2, 0) is 6.42 Å². The van der Waals surface area contributed by atoms with Gasteiger partial charge in [-0.25, -0.2) is 8.78 Å². The maximum atomic E-state index is 13.7. The Morgan fingerprint density at radius 2 is 1.95 bits per heavy atom. The molecule has 0 bridgehead atoms. The van der Waals surface area contributed by atoms with Crippen molar-refractivity contribution >= 4 is 6.29 Å². The molecule has 2 aromatic rings. The van der Waals surface area contributed by atoms with Crippen LogP contribution >= 0.6 is 0 Å². The molecule has 0 amide bonds. The fourth-order valence-corrected chi connectivity index (χ4v) is 2.31. The number of halogens is 2. The Kier molecular flexibility index (Phi) is 3.56. The number of hydrogen-bond acceptors (Lipinski definition) is 3. The van der Waals surface area contributed by atoms with E-state index in [0.29, 0.717) is 12.7 Å². The number of para-hydroxylation sites is 1. The van der Waals surface area contributed by atoms with Crippen LogP contribution in [0.25, 0.3) is 0 Å². The molecule has 21 heavy (non-hydrogen) atoms. The normalized spacial score (nSPS) is 16.2. The molecule has 1 atom stereocenters. The zero-order chi connectivity index (χ0) is 14.8. The summed E-state index contributed by atoms with van der Waals surface area (Å²) in [5.41, 5.74) is 0.977. The molecule has 3 nitrogen and oxygen atoms in total. The molecular formula is C16H12F2O3. The fourth-order valence-electron chi connectivity index (χ4n) is 2.31. The molecule has 1 aliphatic heterocycles. The van der Waals surface area contributed by atoms with Crippen LogP contribution in [-0.4, -0.2) is 19.0 Å². The van der Waals surface area contributed by atoms with E-state index in [4.69, 9.17) is 9.47 Å². The zero-order valence-electron chi connectivity index (χ0n) is 11.0. The number of carbonyl (C=O) groups excluding carboxylic acids is 1. The van der Waals surface area contributed by atoms with Crippen molar-refractivity contribution < 1.29 is 23.0 Å². The van der Waals surface area contributed by atoms with E-state index >= 15 is 0 Å². The maximum absolute atomic E-state index is 13.7. The molecule has 1 heterocycles. The lowest BCUT2D eigenvalue weighted by Gasteiger charge is -2.13. The number of carbonyl (C=O) groups is 1. The molecule has 5 heteroatoms. The highest BCUT2D eigenvalue weighted by Gasteiger charge is 2.24. The van der Waals surface area contributed by atoms with E-state index in [2.05, 4.69) is 0 Å². The minimum atomic E-state index is -0.896. The first-order valence-electron chi connectivity index (χ1n) is 6.49. The van der Waals surface area contributed by atoms with Crippen LogP contribution in [0.3, 0.4) is 0 Å². The number of rotatable bonds is 4. The number of aldehydes is 1. The van der Waals surface area contributed by atoms with Crippen molar-refractivity contribution in [2.24, 2.45) is 0 Å². The van der Waals surface area contributed by atoms with Gasteiger partial charge in [-0.1, -0.05) is 18.2 Å². The third-order valence-electron chi connectivity index (χ3n) is 3.28. The SMILES string of the molecule is O=Cc1cc(F)c(OCC2Cc3ccccc3O2)c(F)c1. The van der Waals surface area contributed by atoms with Crippen LogP contribution in [0, 0.1) is 11.6 Å². The highest BCUT2D eigenvalue weighted by molar-refractivity contribution is 5.75. The first-order chi connectivity index (χ1) is 10.2. The molecule has 2 aromatic carbocycles. The predicted octanol–water partition coefficient (Wildman–Crippen LogP) is 3.16. The number of hydrogen-bond donors (Lipinski definition) is 0. The van der Waals surface area contributed by atoms with Crippen LogP contribution in [0.1, 0.15) is 15.9 Å². The predicted molar refractivity (Wildman–Crippen MR) is 71.8 cm³/mol. The average molecular weight is 290 g/mol. The van der Waals surface area contributed by atoms with E-state index < -0.39 is 17.4 Å². The lowest BCUT2D eigenvalue weighted by atomic mass is 10.1. The summed E-state index contributed by atoms with van der Waals surface area (Å²) in [6.45, 7) is 0.0307. The van der Waals surface area contributed by atoms with Crippen molar-refractivity contribution in [2.75, 3.05) is 6.61 Å². The summed E-state index contributed by atoms with van der Waals surface area (Å²) in [5, 5.41) is 0. The summed E-state index contributed by atoms with van der Waals surface area (Å²) in [6, 6.07) is 9.43. The van der Waals surface area contributed by atoms with E-state index in [1.807, 2.05) is 24.3 Å². The van der Waals surface area contributed by atoms with Gasteiger partial charge >= 0.3 is 0 Å². The third kappa shape index (κ3) is 2.72. The van der Waals surface area contributed by atoms with Crippen molar-refractivity contribution in [1.82, 2.24) is 0 Å². The second-order valence-electron chi connectivity index (χ2n) is 4.79. The van der Waals surface area contributed by atoms with Crippen LogP contribution in [0.2, 0.25) is 0 Å². The van der Waals surface area contributed by atoms with Gasteiger partial charge < -0.3 is 9.47 Å². The van der Waals surface area contributed by atoms with E-state index in [0.717, 1.165) is 23.4 Å². The Bertz CT molecular complexity index is 637. The van der Waals surface area contributed by atoms with Crippen LogP contribution < -0.4 is 9.47 Å². The third-order valence-corrected chi connectivity index (χ3v) is 3.28. The van der Waals surface area contributed by atoms with Gasteiger partial charge in [0.05, 0.1) is 0 Å². The highest BCUT2D eigenvalue weighted by atomic mass is 19.1. The van der Waals surface area contributed by atoms with Gasteiger partial charge in [0.2, 0.25) is 0 Å². The number of benzene rings is 2. The van der Waals surface area contributed by atoms with Gasteiger partial charge in [0.1, 0.15) is 24.7 Å². The minimum absolute atomic E-state index is 0.0307. The molecule has 108 valence electrons. The molecular weight excluding hydrogens is 278 g/mol. The standard InChI is InChI=1S/C16H12F2O3/c17-13-5-10(8-19)6-14(18)16(13)20-9-12-7-11-3-1-2-4-15(11)21-12/h1-6,8,12H,7,9H2. The Hall–Kier alpha value is -2.43. The van der Waals surface area contributed by atoms with Gasteiger partial charge in [-0.3, -0.25) is 4.79 Å². The summed E-state index contributed by atoms with van der Waals surface area (Å²) in [4.78, 5) is 10.5. The molecule has 0 saturated carbocycles. The first-order valence-corrected chi connectivity index (χ1v) is 6.49. The molecule has 0 fully saturated rings. The molecule has 0 saturated heterocycles. The first kappa shape index (κ1) is 13.5. The summed E-state index contributed by atoms with van der Waals surface area (Å²) in [5.74, 6) is -1.51. The summed E-state index contributed by atoms with van der Waals surface area (Å²) < 4.78 is 38.2. The molecule has 0 aromatic heterocycles. The van der Waals surface area contributed by atoms with Crippen molar-refractivity contribution in [3.8, 4) is 11.5 Å². The molecule has 0 aliphatic carbocycles. The maximum Gasteiger partial charge on any atom is 0.190 e. The van der Waals surface area contributed by atoms with Crippen molar-refractivity contribution in [3.63, 3.8) is 0 Å². The number of ether oxygens (including phenoxy) is 2. The fraction of sp³-hybridized carbons (Fsp3) is 0.188.